The number of fused-ring (bicyclic) bond motifs is 2. The molecule has 170 valence electrons. The molecule has 0 bridgehead atoms. The van der Waals surface area contributed by atoms with Gasteiger partial charge in [0, 0.05) is 23.8 Å². The summed E-state index contributed by atoms with van der Waals surface area (Å²) in [5, 5.41) is 2.63. The second kappa shape index (κ2) is 8.37. The van der Waals surface area contributed by atoms with E-state index in [-0.39, 0.29) is 17.6 Å². The summed E-state index contributed by atoms with van der Waals surface area (Å²) in [7, 11) is 2.92. The normalized spacial score (nSPS) is 20.3. The van der Waals surface area contributed by atoms with Crippen LogP contribution in [0, 0.1) is 0 Å². The fourth-order valence-corrected chi connectivity index (χ4v) is 4.56. The van der Waals surface area contributed by atoms with Gasteiger partial charge in [0.25, 0.3) is 5.91 Å². The first-order chi connectivity index (χ1) is 15.2. The first-order valence-corrected chi connectivity index (χ1v) is 10.3. The number of nitrogens with zero attached hydrogens (tertiary/aromatic N) is 1. The number of benzene rings is 2. The second-order valence-electron chi connectivity index (χ2n) is 7.90. The molecule has 0 aromatic heterocycles. The molecular formula is C23H23F3N2O4. The van der Waals surface area contributed by atoms with Crippen LogP contribution in [0.1, 0.15) is 46.7 Å². The topological polar surface area (TPSA) is 67.9 Å². The molecular weight excluding hydrogens is 425 g/mol. The van der Waals surface area contributed by atoms with Crippen LogP contribution in [-0.4, -0.2) is 43.5 Å². The van der Waals surface area contributed by atoms with Crippen LogP contribution in [0.4, 0.5) is 18.9 Å². The van der Waals surface area contributed by atoms with Gasteiger partial charge in [0.1, 0.15) is 0 Å². The molecule has 1 N–H and O–H groups in total. The maximum Gasteiger partial charge on any atom is 0.416 e. The Balaban J connectivity index is 1.76. The quantitative estimate of drug-likeness (QED) is 0.750. The molecule has 0 aliphatic carbocycles. The number of amides is 2. The van der Waals surface area contributed by atoms with Crippen molar-refractivity contribution in [2.75, 3.05) is 26.1 Å². The summed E-state index contributed by atoms with van der Waals surface area (Å²) in [6.07, 6.45) is -2.22. The largest absolute Gasteiger partial charge is 0.493 e. The molecule has 0 saturated carbocycles. The zero-order chi connectivity index (χ0) is 23.0. The molecule has 1 fully saturated rings. The molecule has 0 radical (unpaired) electrons. The minimum absolute atomic E-state index is 0.0473. The molecule has 4 rings (SSSR count). The van der Waals surface area contributed by atoms with Gasteiger partial charge in [-0.1, -0.05) is 6.07 Å². The minimum Gasteiger partial charge on any atom is -0.493 e. The zero-order valence-corrected chi connectivity index (χ0v) is 17.7. The minimum atomic E-state index is -4.52. The lowest BCUT2D eigenvalue weighted by Crippen LogP contribution is -2.53. The van der Waals surface area contributed by atoms with E-state index >= 15 is 0 Å². The molecule has 0 unspecified atom stereocenters. The van der Waals surface area contributed by atoms with Crippen molar-refractivity contribution in [3.63, 3.8) is 0 Å². The number of hydrogen-bond donors (Lipinski definition) is 1. The highest BCUT2D eigenvalue weighted by Crippen LogP contribution is 2.43. The van der Waals surface area contributed by atoms with Gasteiger partial charge in [-0.25, -0.2) is 0 Å². The summed E-state index contributed by atoms with van der Waals surface area (Å²) in [4.78, 5) is 28.3. The Morgan fingerprint density at radius 1 is 1.09 bits per heavy atom. The molecule has 2 heterocycles. The Labute approximate surface area is 183 Å². The molecule has 0 spiro atoms. The van der Waals surface area contributed by atoms with Gasteiger partial charge < -0.3 is 19.7 Å². The summed E-state index contributed by atoms with van der Waals surface area (Å²) in [6, 6.07) is 7.31. The molecule has 9 heteroatoms. The van der Waals surface area contributed by atoms with Gasteiger partial charge in [0.2, 0.25) is 5.91 Å². The van der Waals surface area contributed by atoms with E-state index in [0.29, 0.717) is 35.6 Å². The summed E-state index contributed by atoms with van der Waals surface area (Å²) in [5.74, 6) is -0.666. The van der Waals surface area contributed by atoms with E-state index in [9.17, 15) is 22.8 Å². The first kappa shape index (κ1) is 22.0. The monoisotopic (exact) mass is 448 g/mol. The number of carbonyl (C=O) groups excluding carboxylic acids is 2. The maximum atomic E-state index is 13.4. The lowest BCUT2D eigenvalue weighted by atomic mass is 9.78. The summed E-state index contributed by atoms with van der Waals surface area (Å²) >= 11 is 0. The third-order valence-electron chi connectivity index (χ3n) is 6.06. The summed E-state index contributed by atoms with van der Waals surface area (Å²) in [6.45, 7) is 0.518. The number of nitrogens with one attached hydrogen (secondary N) is 1. The van der Waals surface area contributed by atoms with Gasteiger partial charge in [0.05, 0.1) is 25.7 Å². The van der Waals surface area contributed by atoms with Crippen molar-refractivity contribution in [2.45, 2.75) is 37.4 Å². The lowest BCUT2D eigenvalue weighted by Gasteiger charge is -2.44. The number of methoxy groups -OCH3 is 2. The van der Waals surface area contributed by atoms with Gasteiger partial charge in [-0.15, -0.1) is 0 Å². The highest BCUT2D eigenvalue weighted by atomic mass is 19.4. The third kappa shape index (κ3) is 3.87. The van der Waals surface area contributed by atoms with Crippen LogP contribution in [0.5, 0.6) is 11.5 Å². The number of hydrogen-bond acceptors (Lipinski definition) is 4. The lowest BCUT2D eigenvalue weighted by molar-refractivity contribution is -0.137. The first-order valence-electron chi connectivity index (χ1n) is 10.3. The Bertz CT molecular complexity index is 1050. The van der Waals surface area contributed by atoms with E-state index in [1.807, 2.05) is 0 Å². The average Bonchev–Trinajstić information content (AvgIpc) is 2.78. The van der Waals surface area contributed by atoms with Gasteiger partial charge in [-0.05, 0) is 55.2 Å². The molecule has 2 aliphatic heterocycles. The van der Waals surface area contributed by atoms with Gasteiger partial charge in [0.15, 0.2) is 11.5 Å². The number of carbonyl (C=O) groups is 2. The average molecular weight is 448 g/mol. The van der Waals surface area contributed by atoms with Crippen LogP contribution in [0.3, 0.4) is 0 Å². The molecule has 2 aromatic rings. The Hall–Kier alpha value is -3.23. The number of alkyl halides is 3. The molecule has 32 heavy (non-hydrogen) atoms. The molecule has 6 nitrogen and oxygen atoms in total. The van der Waals surface area contributed by atoms with Gasteiger partial charge >= 0.3 is 6.18 Å². The summed E-state index contributed by atoms with van der Waals surface area (Å²) < 4.78 is 50.0. The Morgan fingerprint density at radius 2 is 1.81 bits per heavy atom. The third-order valence-corrected chi connectivity index (χ3v) is 6.06. The Morgan fingerprint density at radius 3 is 2.50 bits per heavy atom. The van der Waals surface area contributed by atoms with E-state index in [1.54, 1.807) is 17.0 Å². The van der Waals surface area contributed by atoms with Gasteiger partial charge in [-0.2, -0.15) is 13.2 Å². The van der Waals surface area contributed by atoms with Crippen LogP contribution < -0.4 is 14.8 Å². The SMILES string of the molecule is COc1cc2c(cc1OC)[C@@H](C(=O)Nc1cccc(C(F)(F)F)c1)[C@@H]1CCCCN1C2=O. The van der Waals surface area contributed by atoms with Crippen LogP contribution in [0.2, 0.25) is 0 Å². The van der Waals surface area contributed by atoms with Crippen LogP contribution in [-0.2, 0) is 11.0 Å². The van der Waals surface area contributed by atoms with Crippen molar-refractivity contribution in [3.05, 3.63) is 53.1 Å². The summed E-state index contributed by atoms with van der Waals surface area (Å²) in [5.41, 5.74) is 0.0246. The Kier molecular flexibility index (Phi) is 5.75. The van der Waals surface area contributed by atoms with Crippen molar-refractivity contribution in [3.8, 4) is 11.5 Å². The standard InChI is InChI=1S/C23H23F3N2O4/c1-31-18-11-15-16(12-19(18)32-2)22(30)28-9-4-3-8-17(28)20(15)21(29)27-14-7-5-6-13(10-14)23(24,25)26/h5-7,10-12,17,20H,3-4,8-9H2,1-2H3,(H,27,29)/t17-,20+/m0/s1. The molecule has 2 aromatic carbocycles. The highest BCUT2D eigenvalue weighted by Gasteiger charge is 2.45. The van der Waals surface area contributed by atoms with E-state index in [2.05, 4.69) is 5.32 Å². The fourth-order valence-electron chi connectivity index (χ4n) is 4.56. The fraction of sp³-hybridized carbons (Fsp3) is 0.391. The van der Waals surface area contributed by atoms with Crippen LogP contribution in [0.25, 0.3) is 0 Å². The number of anilines is 1. The number of ether oxygens (including phenoxy) is 2. The number of halogens is 3. The van der Waals surface area contributed by atoms with Crippen molar-refractivity contribution < 1.29 is 32.2 Å². The van der Waals surface area contributed by atoms with Crippen molar-refractivity contribution in [1.29, 1.82) is 0 Å². The molecule has 2 aliphatic rings. The molecule has 1 saturated heterocycles. The zero-order valence-electron chi connectivity index (χ0n) is 17.7. The predicted octanol–water partition coefficient (Wildman–Crippen LogP) is 4.45. The van der Waals surface area contributed by atoms with Crippen molar-refractivity contribution in [2.24, 2.45) is 0 Å². The predicted molar refractivity (Wildman–Crippen MR) is 111 cm³/mol. The highest BCUT2D eigenvalue weighted by molar-refractivity contribution is 6.05. The number of piperidine rings is 1. The van der Waals surface area contributed by atoms with Gasteiger partial charge in [-0.3, -0.25) is 9.59 Å². The molecule has 2 amide bonds. The van der Waals surface area contributed by atoms with E-state index in [0.717, 1.165) is 25.0 Å². The van der Waals surface area contributed by atoms with E-state index < -0.39 is 23.6 Å². The second-order valence-corrected chi connectivity index (χ2v) is 7.90. The van der Waals surface area contributed by atoms with Crippen molar-refractivity contribution in [1.82, 2.24) is 4.90 Å². The molecule has 2 atom stereocenters. The van der Waals surface area contributed by atoms with Crippen LogP contribution in [0.15, 0.2) is 36.4 Å². The number of rotatable bonds is 4. The van der Waals surface area contributed by atoms with E-state index in [4.69, 9.17) is 9.47 Å². The smallest absolute Gasteiger partial charge is 0.416 e. The maximum absolute atomic E-state index is 13.4. The van der Waals surface area contributed by atoms with Crippen LogP contribution >= 0.6 is 0 Å². The van der Waals surface area contributed by atoms with E-state index in [1.165, 1.54) is 26.4 Å². The van der Waals surface area contributed by atoms with Crippen molar-refractivity contribution >= 4 is 17.5 Å².